The number of allylic oxidation sites excluding steroid dienone is 2. The highest BCUT2D eigenvalue weighted by Crippen LogP contribution is 2.09. The molecule has 0 bridgehead atoms. The molecule has 1 heteroatoms. The standard InChI is InChI=1S/C13H19N/c1-3-6-12(2)7-4-8-13-9-5-10-14-11-13/h5-6,9-11H,3-4,7-8H2,1-2H3/b12-6+. The van der Waals surface area contributed by atoms with Gasteiger partial charge in [-0.3, -0.25) is 4.98 Å². The molecule has 14 heavy (non-hydrogen) atoms. The molecule has 0 amide bonds. The monoisotopic (exact) mass is 189 g/mol. The Morgan fingerprint density at radius 1 is 1.50 bits per heavy atom. The van der Waals surface area contributed by atoms with E-state index in [4.69, 9.17) is 0 Å². The smallest absolute Gasteiger partial charge is 0.0299 e. The average Bonchev–Trinajstić information content (AvgIpc) is 2.20. The first-order valence-electron chi connectivity index (χ1n) is 5.37. The normalized spacial score (nSPS) is 11.7. The lowest BCUT2D eigenvalue weighted by Gasteiger charge is -2.01. The van der Waals surface area contributed by atoms with E-state index in [1.807, 2.05) is 18.5 Å². The van der Waals surface area contributed by atoms with Crippen molar-refractivity contribution in [2.75, 3.05) is 0 Å². The van der Waals surface area contributed by atoms with E-state index >= 15 is 0 Å². The van der Waals surface area contributed by atoms with Crippen LogP contribution in [-0.4, -0.2) is 4.98 Å². The number of pyridine rings is 1. The molecule has 1 aromatic rings. The van der Waals surface area contributed by atoms with Gasteiger partial charge in [-0.2, -0.15) is 0 Å². The first kappa shape index (κ1) is 11.0. The molecule has 0 atom stereocenters. The van der Waals surface area contributed by atoms with Gasteiger partial charge in [0.05, 0.1) is 0 Å². The third-order valence-electron chi connectivity index (χ3n) is 2.31. The Morgan fingerprint density at radius 2 is 2.36 bits per heavy atom. The highest BCUT2D eigenvalue weighted by atomic mass is 14.6. The van der Waals surface area contributed by atoms with Crippen LogP contribution < -0.4 is 0 Å². The van der Waals surface area contributed by atoms with E-state index in [2.05, 4.69) is 31.0 Å². The molecule has 1 rings (SSSR count). The van der Waals surface area contributed by atoms with Crippen LogP contribution in [0.25, 0.3) is 0 Å². The van der Waals surface area contributed by atoms with Gasteiger partial charge in [0, 0.05) is 12.4 Å². The van der Waals surface area contributed by atoms with Crippen molar-refractivity contribution in [2.24, 2.45) is 0 Å². The molecule has 0 aromatic carbocycles. The average molecular weight is 189 g/mol. The summed E-state index contributed by atoms with van der Waals surface area (Å²) in [7, 11) is 0. The van der Waals surface area contributed by atoms with E-state index < -0.39 is 0 Å². The molecule has 0 saturated carbocycles. The van der Waals surface area contributed by atoms with Gasteiger partial charge < -0.3 is 0 Å². The molecule has 0 fully saturated rings. The van der Waals surface area contributed by atoms with Crippen molar-refractivity contribution in [2.45, 2.75) is 39.5 Å². The topological polar surface area (TPSA) is 12.9 Å². The molecule has 76 valence electrons. The number of hydrogen-bond donors (Lipinski definition) is 0. The SMILES string of the molecule is CC/C=C(\C)CCCc1cccnc1. The van der Waals surface area contributed by atoms with Gasteiger partial charge >= 0.3 is 0 Å². The number of rotatable bonds is 5. The lowest BCUT2D eigenvalue weighted by Crippen LogP contribution is -1.87. The van der Waals surface area contributed by atoms with Gasteiger partial charge in [-0.15, -0.1) is 0 Å². The van der Waals surface area contributed by atoms with Crippen molar-refractivity contribution in [3.8, 4) is 0 Å². The van der Waals surface area contributed by atoms with E-state index in [0.29, 0.717) is 0 Å². The summed E-state index contributed by atoms with van der Waals surface area (Å²) >= 11 is 0. The van der Waals surface area contributed by atoms with Gasteiger partial charge in [0.2, 0.25) is 0 Å². The summed E-state index contributed by atoms with van der Waals surface area (Å²) in [5.41, 5.74) is 2.85. The Morgan fingerprint density at radius 3 is 3.00 bits per heavy atom. The van der Waals surface area contributed by atoms with Crippen molar-refractivity contribution in [3.63, 3.8) is 0 Å². The Labute approximate surface area is 86.9 Å². The quantitative estimate of drug-likeness (QED) is 0.643. The maximum absolute atomic E-state index is 4.10. The number of hydrogen-bond acceptors (Lipinski definition) is 1. The minimum atomic E-state index is 1.14. The molecule has 0 aliphatic carbocycles. The third kappa shape index (κ3) is 4.22. The molecular weight excluding hydrogens is 170 g/mol. The fourth-order valence-corrected chi connectivity index (χ4v) is 1.57. The van der Waals surface area contributed by atoms with Crippen LogP contribution >= 0.6 is 0 Å². The molecule has 0 aliphatic heterocycles. The Hall–Kier alpha value is -1.11. The molecular formula is C13H19N. The minimum Gasteiger partial charge on any atom is -0.264 e. The Bertz CT molecular complexity index is 275. The molecule has 1 aromatic heterocycles. The second-order valence-electron chi connectivity index (χ2n) is 3.67. The number of aromatic nitrogens is 1. The first-order chi connectivity index (χ1) is 6.83. The van der Waals surface area contributed by atoms with Crippen molar-refractivity contribution in [1.82, 2.24) is 4.98 Å². The molecule has 0 radical (unpaired) electrons. The summed E-state index contributed by atoms with van der Waals surface area (Å²) in [6.07, 6.45) is 10.8. The van der Waals surface area contributed by atoms with Crippen LogP contribution in [0.3, 0.4) is 0 Å². The molecule has 1 heterocycles. The zero-order valence-corrected chi connectivity index (χ0v) is 9.16. The summed E-state index contributed by atoms with van der Waals surface area (Å²) in [6.45, 7) is 4.40. The fourth-order valence-electron chi connectivity index (χ4n) is 1.57. The molecule has 0 N–H and O–H groups in total. The van der Waals surface area contributed by atoms with E-state index in [0.717, 1.165) is 12.8 Å². The van der Waals surface area contributed by atoms with Gasteiger partial charge in [-0.1, -0.05) is 24.6 Å². The zero-order valence-electron chi connectivity index (χ0n) is 9.16. The third-order valence-corrected chi connectivity index (χ3v) is 2.31. The van der Waals surface area contributed by atoms with Crippen molar-refractivity contribution < 1.29 is 0 Å². The van der Waals surface area contributed by atoms with E-state index in [9.17, 15) is 0 Å². The lowest BCUT2D eigenvalue weighted by molar-refractivity contribution is 0.804. The predicted molar refractivity (Wildman–Crippen MR) is 61.2 cm³/mol. The van der Waals surface area contributed by atoms with E-state index in [1.165, 1.54) is 24.0 Å². The van der Waals surface area contributed by atoms with Crippen molar-refractivity contribution in [1.29, 1.82) is 0 Å². The molecule has 0 saturated heterocycles. The maximum Gasteiger partial charge on any atom is 0.0299 e. The van der Waals surface area contributed by atoms with Gasteiger partial charge in [-0.05, 0) is 44.2 Å². The summed E-state index contributed by atoms with van der Waals surface area (Å²) < 4.78 is 0. The van der Waals surface area contributed by atoms with Crippen LogP contribution in [0.4, 0.5) is 0 Å². The second kappa shape index (κ2) is 6.36. The van der Waals surface area contributed by atoms with Crippen LogP contribution in [0, 0.1) is 0 Å². The number of nitrogens with zero attached hydrogens (tertiary/aromatic N) is 1. The minimum absolute atomic E-state index is 1.14. The van der Waals surface area contributed by atoms with Crippen molar-refractivity contribution >= 4 is 0 Å². The number of aryl methyl sites for hydroxylation is 1. The maximum atomic E-state index is 4.10. The summed E-state index contributed by atoms with van der Waals surface area (Å²) in [5, 5.41) is 0. The molecule has 0 spiro atoms. The fraction of sp³-hybridized carbons (Fsp3) is 0.462. The van der Waals surface area contributed by atoms with Gasteiger partial charge in [0.25, 0.3) is 0 Å². The summed E-state index contributed by atoms with van der Waals surface area (Å²) in [5.74, 6) is 0. The van der Waals surface area contributed by atoms with Gasteiger partial charge in [0.1, 0.15) is 0 Å². The van der Waals surface area contributed by atoms with Crippen LogP contribution in [0.1, 0.15) is 38.7 Å². The first-order valence-corrected chi connectivity index (χ1v) is 5.37. The van der Waals surface area contributed by atoms with Crippen LogP contribution in [0.5, 0.6) is 0 Å². The second-order valence-corrected chi connectivity index (χ2v) is 3.67. The Kier molecular flexibility index (Phi) is 4.98. The zero-order chi connectivity index (χ0) is 10.2. The van der Waals surface area contributed by atoms with E-state index in [1.54, 1.807) is 0 Å². The highest BCUT2D eigenvalue weighted by Gasteiger charge is 1.93. The van der Waals surface area contributed by atoms with Gasteiger partial charge in [-0.25, -0.2) is 0 Å². The highest BCUT2D eigenvalue weighted by molar-refractivity contribution is 5.09. The van der Waals surface area contributed by atoms with Gasteiger partial charge in [0.15, 0.2) is 0 Å². The molecule has 1 nitrogen and oxygen atoms in total. The van der Waals surface area contributed by atoms with Crippen molar-refractivity contribution in [3.05, 3.63) is 41.7 Å². The predicted octanol–water partition coefficient (Wildman–Crippen LogP) is 3.76. The van der Waals surface area contributed by atoms with Crippen LogP contribution in [0.2, 0.25) is 0 Å². The summed E-state index contributed by atoms with van der Waals surface area (Å²) in [6, 6.07) is 4.15. The lowest BCUT2D eigenvalue weighted by atomic mass is 10.1. The molecule has 0 aliphatic rings. The molecule has 0 unspecified atom stereocenters. The van der Waals surface area contributed by atoms with Crippen LogP contribution in [-0.2, 0) is 6.42 Å². The van der Waals surface area contributed by atoms with E-state index in [-0.39, 0.29) is 0 Å². The summed E-state index contributed by atoms with van der Waals surface area (Å²) in [4.78, 5) is 4.10. The Balaban J connectivity index is 2.25. The van der Waals surface area contributed by atoms with Crippen LogP contribution in [0.15, 0.2) is 36.2 Å². The largest absolute Gasteiger partial charge is 0.264 e.